The van der Waals surface area contributed by atoms with E-state index in [4.69, 9.17) is 0 Å². The smallest absolute Gasteiger partial charge is 0.0908 e. The zero-order chi connectivity index (χ0) is 16.6. The maximum Gasteiger partial charge on any atom is 0.0908 e. The number of benzene rings is 1. The summed E-state index contributed by atoms with van der Waals surface area (Å²) in [4.78, 5) is 0. The van der Waals surface area contributed by atoms with Crippen LogP contribution in [0.25, 0.3) is 11.1 Å². The van der Waals surface area contributed by atoms with E-state index in [2.05, 4.69) is 90.3 Å². The van der Waals surface area contributed by atoms with E-state index in [9.17, 15) is 0 Å². The van der Waals surface area contributed by atoms with Crippen LogP contribution >= 0.6 is 0 Å². The van der Waals surface area contributed by atoms with Gasteiger partial charge in [-0.05, 0) is 47.2 Å². The first-order valence-corrected chi connectivity index (χ1v) is 8.94. The van der Waals surface area contributed by atoms with E-state index in [1.807, 2.05) is 0 Å². The molecular weight excluding hydrogens is 302 g/mol. The van der Waals surface area contributed by atoms with Crippen molar-refractivity contribution in [2.24, 2.45) is 0 Å². The normalized spacial score (nSPS) is 23.0. The Morgan fingerprint density at radius 1 is 1.04 bits per heavy atom. The van der Waals surface area contributed by atoms with Gasteiger partial charge in [0.2, 0.25) is 0 Å². The lowest BCUT2D eigenvalue weighted by Gasteiger charge is -2.27. The predicted molar refractivity (Wildman–Crippen MR) is 103 cm³/mol. The summed E-state index contributed by atoms with van der Waals surface area (Å²) in [6, 6.07) is 19.5. The fraction of sp³-hybridized carbons (Fsp3) is 0.167. The van der Waals surface area contributed by atoms with Gasteiger partial charge >= 0.3 is 0 Å². The quantitative estimate of drug-likeness (QED) is 0.758. The fourth-order valence-corrected chi connectivity index (χ4v) is 4.22. The van der Waals surface area contributed by atoms with E-state index in [0.29, 0.717) is 12.0 Å². The number of fused-ring (bicyclic) bond motifs is 3. The summed E-state index contributed by atoms with van der Waals surface area (Å²) in [6.07, 6.45) is 15.7. The Morgan fingerprint density at radius 2 is 1.96 bits per heavy atom. The summed E-state index contributed by atoms with van der Waals surface area (Å²) in [5, 5.41) is 3.66. The summed E-state index contributed by atoms with van der Waals surface area (Å²) < 4.78 is 0. The van der Waals surface area contributed by atoms with Crippen LogP contribution in [0.5, 0.6) is 0 Å². The number of rotatable bonds is 2. The van der Waals surface area contributed by atoms with Crippen LogP contribution in [0.1, 0.15) is 24.3 Å². The van der Waals surface area contributed by atoms with Crippen LogP contribution in [0, 0.1) is 12.1 Å². The number of hydrogen-bond acceptors (Lipinski definition) is 1. The van der Waals surface area contributed by atoms with Crippen molar-refractivity contribution in [1.82, 2.24) is 0 Å². The molecule has 2 aliphatic carbocycles. The third-order valence-corrected chi connectivity index (χ3v) is 5.35. The Kier molecular flexibility index (Phi) is 3.35. The SMILES string of the molecule is c1cc(-c2ccccc2)c2c(c#1)NC1C=CC=C(C3=CC=CCC3)C21. The predicted octanol–water partition coefficient (Wildman–Crippen LogP) is 5.60. The molecular formula is C24H19N. The van der Waals surface area contributed by atoms with Crippen molar-refractivity contribution in [3.05, 3.63) is 102 Å². The van der Waals surface area contributed by atoms with Crippen molar-refractivity contribution in [2.45, 2.75) is 24.8 Å². The molecule has 1 nitrogen and oxygen atoms in total. The van der Waals surface area contributed by atoms with Crippen LogP contribution < -0.4 is 5.32 Å². The molecule has 0 aromatic heterocycles. The molecule has 1 heteroatoms. The summed E-state index contributed by atoms with van der Waals surface area (Å²) in [7, 11) is 0. The van der Waals surface area contributed by atoms with E-state index in [0.717, 1.165) is 18.5 Å². The minimum absolute atomic E-state index is 0.302. The summed E-state index contributed by atoms with van der Waals surface area (Å²) in [6.45, 7) is 0. The zero-order valence-corrected chi connectivity index (χ0v) is 14.0. The van der Waals surface area contributed by atoms with Gasteiger partial charge in [-0.15, -0.1) is 0 Å². The van der Waals surface area contributed by atoms with Crippen molar-refractivity contribution in [2.75, 3.05) is 5.32 Å². The first-order chi connectivity index (χ1) is 12.4. The van der Waals surface area contributed by atoms with Crippen molar-refractivity contribution >= 4 is 5.69 Å². The van der Waals surface area contributed by atoms with Gasteiger partial charge in [-0.1, -0.05) is 72.9 Å². The Labute approximate surface area is 149 Å². The third kappa shape index (κ3) is 2.34. The van der Waals surface area contributed by atoms with Crippen LogP contribution in [0.4, 0.5) is 5.69 Å². The first kappa shape index (κ1) is 14.4. The molecule has 25 heavy (non-hydrogen) atoms. The molecule has 2 aromatic rings. The Bertz CT molecular complexity index is 928. The summed E-state index contributed by atoms with van der Waals surface area (Å²) in [5.74, 6) is 0.346. The average Bonchev–Trinajstić information content (AvgIpc) is 3.08. The van der Waals surface area contributed by atoms with Crippen LogP contribution in [0.3, 0.4) is 0 Å². The van der Waals surface area contributed by atoms with Gasteiger partial charge in [-0.2, -0.15) is 0 Å². The molecule has 2 aromatic carbocycles. The molecule has 0 spiro atoms. The topological polar surface area (TPSA) is 12.0 Å². The van der Waals surface area contributed by atoms with E-state index in [1.54, 1.807) is 0 Å². The molecule has 120 valence electrons. The highest BCUT2D eigenvalue weighted by Gasteiger charge is 2.37. The Morgan fingerprint density at radius 3 is 2.80 bits per heavy atom. The monoisotopic (exact) mass is 321 g/mol. The molecule has 0 radical (unpaired) electrons. The molecule has 0 fully saturated rings. The molecule has 0 amide bonds. The second-order valence-electron chi connectivity index (χ2n) is 6.80. The molecule has 1 aliphatic heterocycles. The molecule has 0 saturated carbocycles. The van der Waals surface area contributed by atoms with Crippen LogP contribution in [0.2, 0.25) is 0 Å². The highest BCUT2D eigenvalue weighted by molar-refractivity contribution is 5.79. The van der Waals surface area contributed by atoms with Gasteiger partial charge in [0.1, 0.15) is 0 Å². The van der Waals surface area contributed by atoms with Crippen molar-refractivity contribution in [3.8, 4) is 11.1 Å². The highest BCUT2D eigenvalue weighted by Crippen LogP contribution is 2.48. The van der Waals surface area contributed by atoms with Gasteiger partial charge < -0.3 is 5.32 Å². The molecule has 1 N–H and O–H groups in total. The van der Waals surface area contributed by atoms with Gasteiger partial charge in [0.25, 0.3) is 0 Å². The van der Waals surface area contributed by atoms with Gasteiger partial charge in [0, 0.05) is 11.5 Å². The standard InChI is InChI=1S/C24H19N/c1-3-9-17(10-4-1)19-13-7-15-21-23(19)24-20(14-8-16-22(24)25-21)18-11-5-2-6-12-18/h1-5,8-11,13-14,16,22,24-25H,6,12H2. The maximum absolute atomic E-state index is 3.66. The molecule has 2 atom stereocenters. The Hall–Kier alpha value is -2.98. The molecule has 1 heterocycles. The lowest BCUT2D eigenvalue weighted by atomic mass is 9.77. The van der Waals surface area contributed by atoms with Gasteiger partial charge in [0.15, 0.2) is 0 Å². The third-order valence-electron chi connectivity index (χ3n) is 5.35. The molecule has 0 saturated heterocycles. The summed E-state index contributed by atoms with van der Waals surface area (Å²) in [5.41, 5.74) is 7.88. The Balaban J connectivity index is 1.67. The van der Waals surface area contributed by atoms with Gasteiger partial charge in [-0.3, -0.25) is 0 Å². The van der Waals surface area contributed by atoms with E-state index in [-0.39, 0.29) is 0 Å². The largest absolute Gasteiger partial charge is 0.371 e. The van der Waals surface area contributed by atoms with Crippen LogP contribution in [-0.2, 0) is 0 Å². The highest BCUT2D eigenvalue weighted by atomic mass is 15.0. The molecule has 2 unspecified atom stereocenters. The molecule has 5 rings (SSSR count). The fourth-order valence-electron chi connectivity index (χ4n) is 4.22. The number of nitrogens with one attached hydrogen (secondary N) is 1. The van der Waals surface area contributed by atoms with Crippen molar-refractivity contribution < 1.29 is 0 Å². The van der Waals surface area contributed by atoms with E-state index < -0.39 is 0 Å². The van der Waals surface area contributed by atoms with Gasteiger partial charge in [-0.25, -0.2) is 0 Å². The number of anilines is 1. The number of hydrogen-bond donors (Lipinski definition) is 1. The second kappa shape index (κ2) is 5.83. The first-order valence-electron chi connectivity index (χ1n) is 8.94. The van der Waals surface area contributed by atoms with E-state index in [1.165, 1.54) is 27.8 Å². The van der Waals surface area contributed by atoms with Crippen LogP contribution in [0.15, 0.2) is 84.0 Å². The van der Waals surface area contributed by atoms with Gasteiger partial charge in [0.05, 0.1) is 11.7 Å². The minimum Gasteiger partial charge on any atom is -0.371 e. The van der Waals surface area contributed by atoms with E-state index >= 15 is 0 Å². The minimum atomic E-state index is 0.302. The zero-order valence-electron chi connectivity index (χ0n) is 14.0. The number of allylic oxidation sites excluding steroid dienone is 6. The van der Waals surface area contributed by atoms with Crippen molar-refractivity contribution in [3.63, 3.8) is 0 Å². The lowest BCUT2D eigenvalue weighted by molar-refractivity contribution is 0.751. The lowest BCUT2D eigenvalue weighted by Crippen LogP contribution is -2.22. The van der Waals surface area contributed by atoms with Crippen molar-refractivity contribution in [1.29, 1.82) is 0 Å². The molecule has 3 aliphatic rings. The molecule has 0 bridgehead atoms. The second-order valence-corrected chi connectivity index (χ2v) is 6.80. The summed E-state index contributed by atoms with van der Waals surface area (Å²) >= 11 is 0. The maximum atomic E-state index is 3.66. The average molecular weight is 321 g/mol. The van der Waals surface area contributed by atoms with Crippen LogP contribution in [-0.4, -0.2) is 6.04 Å².